The highest BCUT2D eigenvalue weighted by atomic mass is 32.1. The first-order valence-electron chi connectivity index (χ1n) is 12.9. The molecule has 0 radical (unpaired) electrons. The molecule has 1 N–H and O–H groups in total. The molecule has 0 saturated heterocycles. The van der Waals surface area contributed by atoms with Gasteiger partial charge in [-0.2, -0.15) is 0 Å². The van der Waals surface area contributed by atoms with Gasteiger partial charge in [-0.05, 0) is 61.0 Å². The predicted molar refractivity (Wildman–Crippen MR) is 153 cm³/mol. The van der Waals surface area contributed by atoms with E-state index in [1.54, 1.807) is 33.5 Å². The molecule has 2 aliphatic rings. The van der Waals surface area contributed by atoms with Crippen molar-refractivity contribution in [3.8, 4) is 22.2 Å². The Bertz CT molecular complexity index is 1530. The molecule has 8 nitrogen and oxygen atoms in total. The van der Waals surface area contributed by atoms with Crippen molar-refractivity contribution in [1.82, 2.24) is 14.4 Å². The second kappa shape index (κ2) is 10.3. The van der Waals surface area contributed by atoms with E-state index in [0.717, 1.165) is 36.5 Å². The van der Waals surface area contributed by atoms with Crippen molar-refractivity contribution in [2.75, 3.05) is 40.2 Å². The lowest BCUT2D eigenvalue weighted by Crippen LogP contribution is -2.38. The number of nitrogens with zero attached hydrogens (tertiary/aromatic N) is 3. The number of benzene rings is 2. The van der Waals surface area contributed by atoms with E-state index in [0.29, 0.717) is 23.7 Å². The number of anilines is 1. The van der Waals surface area contributed by atoms with Gasteiger partial charge in [0.1, 0.15) is 10.8 Å². The Morgan fingerprint density at radius 2 is 1.79 bits per heavy atom. The van der Waals surface area contributed by atoms with Crippen LogP contribution in [0.1, 0.15) is 33.3 Å². The third kappa shape index (κ3) is 4.51. The number of ether oxygens (including phenoxy) is 3. The van der Waals surface area contributed by atoms with Crippen LogP contribution in [0.2, 0.25) is 0 Å². The molecule has 2 aromatic heterocycles. The lowest BCUT2D eigenvalue weighted by atomic mass is 10.00. The summed E-state index contributed by atoms with van der Waals surface area (Å²) in [5, 5.41) is 4.33. The molecule has 6 rings (SSSR count). The molecule has 0 bridgehead atoms. The molecule has 2 aliphatic heterocycles. The molecule has 0 fully saturated rings. The van der Waals surface area contributed by atoms with Crippen LogP contribution in [0, 0.1) is 0 Å². The summed E-state index contributed by atoms with van der Waals surface area (Å²) < 4.78 is 18.7. The van der Waals surface area contributed by atoms with Crippen LogP contribution in [0.3, 0.4) is 0 Å². The van der Waals surface area contributed by atoms with Gasteiger partial charge in [0, 0.05) is 41.5 Å². The average molecular weight is 545 g/mol. The smallest absolute Gasteiger partial charge is 0.322 e. The average Bonchev–Trinajstić information content (AvgIpc) is 3.54. The monoisotopic (exact) mass is 544 g/mol. The molecule has 0 spiro atoms. The summed E-state index contributed by atoms with van der Waals surface area (Å²) in [6.07, 6.45) is 3.09. The number of hydrogen-bond donors (Lipinski definition) is 1. The lowest BCUT2D eigenvalue weighted by Gasteiger charge is -2.32. The molecule has 39 heavy (non-hydrogen) atoms. The Labute approximate surface area is 232 Å². The van der Waals surface area contributed by atoms with Crippen molar-refractivity contribution in [3.05, 3.63) is 88.1 Å². The van der Waals surface area contributed by atoms with E-state index in [-0.39, 0.29) is 12.1 Å². The number of nitrogens with one attached hydrogen (secondary N) is 1. The van der Waals surface area contributed by atoms with E-state index in [9.17, 15) is 4.79 Å². The Kier molecular flexibility index (Phi) is 6.70. The minimum absolute atomic E-state index is 0.191. The summed E-state index contributed by atoms with van der Waals surface area (Å²) in [4.78, 5) is 19.9. The summed E-state index contributed by atoms with van der Waals surface area (Å²) in [6.45, 7) is 2.43. The first kappa shape index (κ1) is 25.3. The minimum Gasteiger partial charge on any atom is -0.497 e. The fraction of sp³-hybridized carbons (Fsp3) is 0.300. The Balaban J connectivity index is 1.47. The number of thiophene rings is 1. The van der Waals surface area contributed by atoms with Gasteiger partial charge in [0.25, 0.3) is 0 Å². The second-order valence-corrected chi connectivity index (χ2v) is 11.0. The van der Waals surface area contributed by atoms with Crippen LogP contribution in [-0.2, 0) is 19.5 Å². The number of carbonyl (C=O) groups excluding carboxylic acids is 1. The number of amides is 2. The molecular weight excluding hydrogens is 512 g/mol. The highest BCUT2D eigenvalue weighted by Gasteiger charge is 2.36. The predicted octanol–water partition coefficient (Wildman–Crippen LogP) is 5.69. The molecule has 0 aliphatic carbocycles. The number of rotatable bonds is 5. The highest BCUT2D eigenvalue weighted by Crippen LogP contribution is 2.44. The standard InChI is InChI=1S/C30H32N4O4S/c1-32-14-12-22-23-17-34(30(35)31-20-10-11-25(37-3)26(16-20)38-4)28(19-7-5-8-21(15-19)36-2)24-9-6-13-33(24)29(23)39-27(22)18-32/h5-11,13,15-16,28H,12,14,17-18H2,1-4H3,(H,31,35). The first-order valence-corrected chi connectivity index (χ1v) is 13.8. The fourth-order valence-electron chi connectivity index (χ4n) is 5.62. The van der Waals surface area contributed by atoms with Gasteiger partial charge in [-0.25, -0.2) is 4.79 Å². The van der Waals surface area contributed by atoms with Gasteiger partial charge in [-0.1, -0.05) is 12.1 Å². The van der Waals surface area contributed by atoms with Crippen LogP contribution in [0.25, 0.3) is 5.00 Å². The molecule has 4 heterocycles. The van der Waals surface area contributed by atoms with Gasteiger partial charge in [0.15, 0.2) is 11.5 Å². The summed E-state index contributed by atoms with van der Waals surface area (Å²) in [7, 11) is 7.01. The number of methoxy groups -OCH3 is 3. The lowest BCUT2D eigenvalue weighted by molar-refractivity contribution is 0.194. The topological polar surface area (TPSA) is 68.2 Å². The highest BCUT2D eigenvalue weighted by molar-refractivity contribution is 7.15. The number of fused-ring (bicyclic) bond motifs is 5. The van der Waals surface area contributed by atoms with Crippen LogP contribution in [0.15, 0.2) is 60.8 Å². The fourth-order valence-corrected chi connectivity index (χ4v) is 7.07. The van der Waals surface area contributed by atoms with Gasteiger partial charge >= 0.3 is 6.03 Å². The van der Waals surface area contributed by atoms with E-state index >= 15 is 0 Å². The van der Waals surface area contributed by atoms with E-state index in [1.165, 1.54) is 21.0 Å². The largest absolute Gasteiger partial charge is 0.497 e. The van der Waals surface area contributed by atoms with Crippen molar-refractivity contribution >= 4 is 23.1 Å². The van der Waals surface area contributed by atoms with Gasteiger partial charge in [-0.3, -0.25) is 0 Å². The van der Waals surface area contributed by atoms with Crippen molar-refractivity contribution in [2.45, 2.75) is 25.6 Å². The van der Waals surface area contributed by atoms with Gasteiger partial charge < -0.3 is 33.9 Å². The van der Waals surface area contributed by atoms with Gasteiger partial charge in [-0.15, -0.1) is 11.3 Å². The summed E-state index contributed by atoms with van der Waals surface area (Å²) in [6, 6.07) is 17.0. The van der Waals surface area contributed by atoms with Crippen molar-refractivity contribution in [1.29, 1.82) is 0 Å². The molecule has 1 atom stereocenters. The van der Waals surface area contributed by atoms with E-state index in [2.05, 4.69) is 46.2 Å². The molecular formula is C30H32N4O4S. The molecule has 1 unspecified atom stereocenters. The Morgan fingerprint density at radius 1 is 0.949 bits per heavy atom. The van der Waals surface area contributed by atoms with Crippen molar-refractivity contribution in [3.63, 3.8) is 0 Å². The molecule has 202 valence electrons. The van der Waals surface area contributed by atoms with Crippen molar-refractivity contribution in [2.24, 2.45) is 0 Å². The molecule has 4 aromatic rings. The van der Waals surface area contributed by atoms with E-state index < -0.39 is 0 Å². The van der Waals surface area contributed by atoms with Crippen LogP contribution < -0.4 is 19.5 Å². The summed E-state index contributed by atoms with van der Waals surface area (Å²) >= 11 is 1.84. The van der Waals surface area contributed by atoms with E-state index in [4.69, 9.17) is 14.2 Å². The van der Waals surface area contributed by atoms with Crippen LogP contribution >= 0.6 is 11.3 Å². The number of hydrogen-bond acceptors (Lipinski definition) is 6. The molecule has 0 saturated carbocycles. The number of carbonyl (C=O) groups is 1. The summed E-state index contributed by atoms with van der Waals surface area (Å²) in [5.41, 5.74) is 5.27. The Hall–Kier alpha value is -3.95. The van der Waals surface area contributed by atoms with Crippen LogP contribution in [0.4, 0.5) is 10.5 Å². The van der Waals surface area contributed by atoms with Crippen LogP contribution in [-0.4, -0.2) is 55.3 Å². The summed E-state index contributed by atoms with van der Waals surface area (Å²) in [5.74, 6) is 1.92. The number of urea groups is 1. The van der Waals surface area contributed by atoms with Crippen LogP contribution in [0.5, 0.6) is 17.2 Å². The molecule has 9 heteroatoms. The number of likely N-dealkylation sites (N-methyl/N-ethyl adjacent to an activating group) is 1. The zero-order chi connectivity index (χ0) is 27.1. The Morgan fingerprint density at radius 3 is 2.59 bits per heavy atom. The zero-order valence-electron chi connectivity index (χ0n) is 22.6. The third-order valence-electron chi connectivity index (χ3n) is 7.56. The second-order valence-electron chi connectivity index (χ2n) is 9.89. The normalized spacial score (nSPS) is 16.5. The maximum atomic E-state index is 14.2. The third-order valence-corrected chi connectivity index (χ3v) is 8.82. The maximum absolute atomic E-state index is 14.2. The number of aromatic nitrogens is 1. The SMILES string of the molecule is COc1cccc(C2c3cccn3-c3sc4c(c3CN2C(=O)Nc2ccc(OC)c(OC)c2)CCN(C)C4)c1. The van der Waals surface area contributed by atoms with Gasteiger partial charge in [0.05, 0.1) is 39.6 Å². The first-order chi connectivity index (χ1) is 19.0. The minimum atomic E-state index is -0.322. The van der Waals surface area contributed by atoms with Crippen molar-refractivity contribution < 1.29 is 19.0 Å². The quantitative estimate of drug-likeness (QED) is 0.350. The van der Waals surface area contributed by atoms with Gasteiger partial charge in [0.2, 0.25) is 0 Å². The van der Waals surface area contributed by atoms with E-state index in [1.807, 2.05) is 40.5 Å². The maximum Gasteiger partial charge on any atom is 0.322 e. The zero-order valence-corrected chi connectivity index (χ0v) is 23.4. The molecule has 2 amide bonds. The molecule has 2 aromatic carbocycles.